The number of aromatic amines is 1. The van der Waals surface area contributed by atoms with Gasteiger partial charge in [-0.1, -0.05) is 27.2 Å². The van der Waals surface area contributed by atoms with Crippen LogP contribution in [0.1, 0.15) is 40.0 Å². The van der Waals surface area contributed by atoms with E-state index >= 15 is 0 Å². The third-order valence-electron chi connectivity index (χ3n) is 3.30. The molecule has 1 atom stereocenters. The number of rotatable bonds is 8. The monoisotopic (exact) mass is 298 g/mol. The lowest BCUT2D eigenvalue weighted by Gasteiger charge is -2.21. The molecule has 0 saturated carbocycles. The molecular weight excluding hydrogens is 272 g/mol. The van der Waals surface area contributed by atoms with Crippen molar-refractivity contribution < 1.29 is 5.11 Å². The van der Waals surface area contributed by atoms with Gasteiger partial charge in [0.2, 0.25) is 0 Å². The standard InChI is InChI=1S/C14H26N4O3/c1-4-5-6-18-12(15)11(13(20)17-14(18)21)16-10(8-19)7-9(2)3/h9-10,16,19H,4-8,15H2,1-3H3,(H,17,20,21). The van der Waals surface area contributed by atoms with Crippen LogP contribution in [-0.4, -0.2) is 27.3 Å². The molecule has 0 radical (unpaired) electrons. The Labute approximate surface area is 124 Å². The van der Waals surface area contributed by atoms with Crippen molar-refractivity contribution in [2.75, 3.05) is 17.7 Å². The first-order valence-corrected chi connectivity index (χ1v) is 7.40. The number of hydrogen-bond acceptors (Lipinski definition) is 5. The summed E-state index contributed by atoms with van der Waals surface area (Å²) in [5.74, 6) is 0.486. The van der Waals surface area contributed by atoms with E-state index in [1.54, 1.807) is 0 Å². The molecule has 0 spiro atoms. The van der Waals surface area contributed by atoms with E-state index in [0.717, 1.165) is 12.8 Å². The number of aromatic nitrogens is 2. The lowest BCUT2D eigenvalue weighted by atomic mass is 10.0. The number of aliphatic hydroxyl groups excluding tert-OH is 1. The van der Waals surface area contributed by atoms with Crippen molar-refractivity contribution in [3.63, 3.8) is 0 Å². The first-order valence-electron chi connectivity index (χ1n) is 7.40. The van der Waals surface area contributed by atoms with Crippen LogP contribution in [0.2, 0.25) is 0 Å². The number of nitrogens with two attached hydrogens (primary N) is 1. The van der Waals surface area contributed by atoms with Crippen LogP contribution >= 0.6 is 0 Å². The zero-order valence-electron chi connectivity index (χ0n) is 13.0. The Morgan fingerprint density at radius 3 is 2.57 bits per heavy atom. The average molecular weight is 298 g/mol. The molecule has 7 nitrogen and oxygen atoms in total. The van der Waals surface area contributed by atoms with E-state index in [2.05, 4.69) is 10.3 Å². The number of aliphatic hydroxyl groups is 1. The summed E-state index contributed by atoms with van der Waals surface area (Å²) in [5, 5.41) is 12.4. The summed E-state index contributed by atoms with van der Waals surface area (Å²) in [6, 6.07) is -0.273. The fraction of sp³-hybridized carbons (Fsp3) is 0.714. The minimum atomic E-state index is -0.549. The van der Waals surface area contributed by atoms with Crippen LogP contribution in [0.25, 0.3) is 0 Å². The molecule has 0 amide bonds. The molecule has 1 unspecified atom stereocenters. The number of unbranched alkanes of at least 4 members (excludes halogenated alkanes) is 1. The van der Waals surface area contributed by atoms with Crippen molar-refractivity contribution in [3.8, 4) is 0 Å². The Balaban J connectivity index is 3.11. The van der Waals surface area contributed by atoms with E-state index < -0.39 is 11.2 Å². The number of nitrogens with zero attached hydrogens (tertiary/aromatic N) is 1. The molecule has 1 rings (SSSR count). The Hall–Kier alpha value is -1.76. The summed E-state index contributed by atoms with van der Waals surface area (Å²) >= 11 is 0. The Morgan fingerprint density at radius 1 is 1.38 bits per heavy atom. The molecule has 0 aromatic carbocycles. The van der Waals surface area contributed by atoms with E-state index in [1.807, 2.05) is 20.8 Å². The van der Waals surface area contributed by atoms with Crippen LogP contribution in [-0.2, 0) is 6.54 Å². The van der Waals surface area contributed by atoms with Crippen molar-refractivity contribution in [1.29, 1.82) is 0 Å². The number of H-pyrrole nitrogens is 1. The highest BCUT2D eigenvalue weighted by Gasteiger charge is 2.16. The number of nitrogen functional groups attached to an aromatic ring is 1. The van der Waals surface area contributed by atoms with Crippen LogP contribution in [0, 0.1) is 5.92 Å². The maximum Gasteiger partial charge on any atom is 0.330 e. The van der Waals surface area contributed by atoms with Gasteiger partial charge in [-0.25, -0.2) is 4.79 Å². The molecule has 1 aromatic heterocycles. The lowest BCUT2D eigenvalue weighted by Crippen LogP contribution is -2.37. The summed E-state index contributed by atoms with van der Waals surface area (Å²) in [4.78, 5) is 26.0. The normalized spacial score (nSPS) is 12.6. The molecule has 0 aliphatic carbocycles. The zero-order chi connectivity index (χ0) is 16.0. The molecule has 7 heteroatoms. The van der Waals surface area contributed by atoms with Crippen LogP contribution in [0.15, 0.2) is 9.59 Å². The van der Waals surface area contributed by atoms with E-state index in [0.29, 0.717) is 18.9 Å². The van der Waals surface area contributed by atoms with Crippen molar-refractivity contribution in [2.24, 2.45) is 5.92 Å². The van der Waals surface area contributed by atoms with Crippen molar-refractivity contribution in [3.05, 3.63) is 20.8 Å². The van der Waals surface area contributed by atoms with Gasteiger partial charge in [0.1, 0.15) is 11.5 Å². The maximum atomic E-state index is 11.9. The highest BCUT2D eigenvalue weighted by atomic mass is 16.3. The Kier molecular flexibility index (Phi) is 6.48. The third kappa shape index (κ3) is 4.63. The second-order valence-electron chi connectivity index (χ2n) is 5.68. The fourth-order valence-corrected chi connectivity index (χ4v) is 2.22. The van der Waals surface area contributed by atoms with Gasteiger partial charge in [-0.15, -0.1) is 0 Å². The van der Waals surface area contributed by atoms with Crippen molar-refractivity contribution in [2.45, 2.75) is 52.6 Å². The largest absolute Gasteiger partial charge is 0.394 e. The average Bonchev–Trinajstić information content (AvgIpc) is 2.41. The van der Waals surface area contributed by atoms with Gasteiger partial charge < -0.3 is 16.2 Å². The quantitative estimate of drug-likeness (QED) is 0.565. The molecule has 5 N–H and O–H groups in total. The van der Waals surface area contributed by atoms with Gasteiger partial charge in [-0.05, 0) is 18.8 Å². The van der Waals surface area contributed by atoms with E-state index in [4.69, 9.17) is 5.73 Å². The van der Waals surface area contributed by atoms with E-state index in [9.17, 15) is 14.7 Å². The summed E-state index contributed by atoms with van der Waals surface area (Å²) in [6.45, 7) is 6.42. The van der Waals surface area contributed by atoms with Gasteiger partial charge in [0.15, 0.2) is 0 Å². The second kappa shape index (κ2) is 7.87. The second-order valence-corrected chi connectivity index (χ2v) is 5.68. The predicted octanol–water partition coefficient (Wildman–Crippen LogP) is 0.738. The van der Waals surface area contributed by atoms with E-state index in [1.165, 1.54) is 4.57 Å². The molecule has 0 saturated heterocycles. The molecule has 1 aromatic rings. The first-order chi connectivity index (χ1) is 9.90. The number of nitrogens with one attached hydrogen (secondary N) is 2. The van der Waals surface area contributed by atoms with Gasteiger partial charge in [-0.3, -0.25) is 14.3 Å². The summed E-state index contributed by atoms with van der Waals surface area (Å²) in [7, 11) is 0. The molecule has 1 heterocycles. The topological polar surface area (TPSA) is 113 Å². The highest BCUT2D eigenvalue weighted by molar-refractivity contribution is 5.60. The Bertz CT molecular complexity index is 562. The number of anilines is 2. The minimum absolute atomic E-state index is 0.106. The number of hydrogen-bond donors (Lipinski definition) is 4. The van der Waals surface area contributed by atoms with Gasteiger partial charge >= 0.3 is 5.69 Å². The summed E-state index contributed by atoms with van der Waals surface area (Å²) in [5.41, 5.74) is 5.07. The highest BCUT2D eigenvalue weighted by Crippen LogP contribution is 2.15. The maximum absolute atomic E-state index is 11.9. The van der Waals surface area contributed by atoms with Gasteiger partial charge in [-0.2, -0.15) is 0 Å². The van der Waals surface area contributed by atoms with E-state index in [-0.39, 0.29) is 24.2 Å². The van der Waals surface area contributed by atoms with Crippen LogP contribution < -0.4 is 22.3 Å². The molecule has 120 valence electrons. The van der Waals surface area contributed by atoms with Crippen LogP contribution in [0.4, 0.5) is 11.5 Å². The Morgan fingerprint density at radius 2 is 2.05 bits per heavy atom. The van der Waals surface area contributed by atoms with Gasteiger partial charge in [0, 0.05) is 12.6 Å². The van der Waals surface area contributed by atoms with Gasteiger partial charge in [0.25, 0.3) is 5.56 Å². The fourth-order valence-electron chi connectivity index (χ4n) is 2.22. The smallest absolute Gasteiger partial charge is 0.330 e. The first kappa shape index (κ1) is 17.3. The SMILES string of the molecule is CCCCn1c(N)c(NC(CO)CC(C)C)c(=O)[nH]c1=O. The molecule has 21 heavy (non-hydrogen) atoms. The minimum Gasteiger partial charge on any atom is -0.394 e. The summed E-state index contributed by atoms with van der Waals surface area (Å²) in [6.07, 6.45) is 2.41. The van der Waals surface area contributed by atoms with Crippen molar-refractivity contribution >= 4 is 11.5 Å². The lowest BCUT2D eigenvalue weighted by molar-refractivity contribution is 0.259. The molecule has 0 aliphatic rings. The molecular formula is C14H26N4O3. The predicted molar refractivity (Wildman–Crippen MR) is 84.6 cm³/mol. The molecule has 0 aliphatic heterocycles. The van der Waals surface area contributed by atoms with Crippen molar-refractivity contribution in [1.82, 2.24) is 9.55 Å². The summed E-state index contributed by atoms with van der Waals surface area (Å²) < 4.78 is 1.36. The molecule has 0 fully saturated rings. The van der Waals surface area contributed by atoms with Gasteiger partial charge in [0.05, 0.1) is 6.61 Å². The molecule has 0 bridgehead atoms. The zero-order valence-corrected chi connectivity index (χ0v) is 13.0. The van der Waals surface area contributed by atoms with Crippen LogP contribution in [0.5, 0.6) is 0 Å². The third-order valence-corrected chi connectivity index (χ3v) is 3.30. The van der Waals surface area contributed by atoms with Crippen LogP contribution in [0.3, 0.4) is 0 Å².